The van der Waals surface area contributed by atoms with Crippen molar-refractivity contribution >= 4 is 12.0 Å². The number of aliphatic carboxylic acids is 1. The van der Waals surface area contributed by atoms with Crippen molar-refractivity contribution in [1.29, 1.82) is 0 Å². The van der Waals surface area contributed by atoms with Gasteiger partial charge in [0.2, 0.25) is 0 Å². The Bertz CT molecular complexity index is 609. The molecule has 0 aliphatic carbocycles. The van der Waals surface area contributed by atoms with Crippen LogP contribution in [-0.2, 0) is 4.79 Å². The second-order valence-electron chi connectivity index (χ2n) is 7.93. The topological polar surface area (TPSA) is 55.8 Å². The van der Waals surface area contributed by atoms with E-state index >= 15 is 0 Å². The summed E-state index contributed by atoms with van der Waals surface area (Å²) in [6.45, 7) is 8.61. The maximum absolute atomic E-state index is 10.8. The molecular formula is C25H40O4. The van der Waals surface area contributed by atoms with E-state index < -0.39 is 5.97 Å². The SMILES string of the molecule is CCCCCCC(C)Oc1ccc(C=CC(=O)O)cc1OC(C)CCCCCC. The quantitative estimate of drug-likeness (QED) is 0.233. The molecule has 29 heavy (non-hydrogen) atoms. The maximum Gasteiger partial charge on any atom is 0.328 e. The minimum atomic E-state index is -0.960. The molecule has 0 bridgehead atoms. The summed E-state index contributed by atoms with van der Waals surface area (Å²) >= 11 is 0. The summed E-state index contributed by atoms with van der Waals surface area (Å²) in [5, 5.41) is 8.88. The van der Waals surface area contributed by atoms with Gasteiger partial charge in [-0.25, -0.2) is 4.79 Å². The molecule has 2 atom stereocenters. The molecule has 0 spiro atoms. The van der Waals surface area contributed by atoms with E-state index in [0.717, 1.165) is 36.7 Å². The minimum Gasteiger partial charge on any atom is -0.487 e. The Morgan fingerprint density at radius 2 is 1.45 bits per heavy atom. The van der Waals surface area contributed by atoms with Crippen LogP contribution in [0.15, 0.2) is 24.3 Å². The summed E-state index contributed by atoms with van der Waals surface area (Å²) in [5.41, 5.74) is 0.795. The van der Waals surface area contributed by atoms with Crippen LogP contribution in [0.1, 0.15) is 97.5 Å². The van der Waals surface area contributed by atoms with Gasteiger partial charge >= 0.3 is 5.97 Å². The molecule has 0 aromatic heterocycles. The first kappa shape index (κ1) is 25.1. The lowest BCUT2D eigenvalue weighted by molar-refractivity contribution is -0.131. The summed E-state index contributed by atoms with van der Waals surface area (Å²) in [5.74, 6) is 0.472. The second-order valence-corrected chi connectivity index (χ2v) is 7.93. The number of carboxylic acids is 1. The molecule has 0 amide bonds. The molecule has 0 aliphatic heterocycles. The van der Waals surface area contributed by atoms with Crippen molar-refractivity contribution in [3.8, 4) is 11.5 Å². The molecule has 0 saturated carbocycles. The summed E-state index contributed by atoms with van der Waals surface area (Å²) in [6, 6.07) is 5.64. The first-order chi connectivity index (χ1) is 14.0. The molecule has 1 aromatic carbocycles. The highest BCUT2D eigenvalue weighted by Crippen LogP contribution is 2.32. The fraction of sp³-hybridized carbons (Fsp3) is 0.640. The Morgan fingerprint density at radius 1 is 0.897 bits per heavy atom. The van der Waals surface area contributed by atoms with E-state index in [1.165, 1.54) is 44.9 Å². The lowest BCUT2D eigenvalue weighted by Gasteiger charge is -2.21. The van der Waals surface area contributed by atoms with Gasteiger partial charge in [-0.1, -0.05) is 58.4 Å². The third-order valence-corrected chi connectivity index (χ3v) is 4.97. The first-order valence-electron chi connectivity index (χ1n) is 11.3. The fourth-order valence-electron chi connectivity index (χ4n) is 3.25. The number of benzene rings is 1. The number of unbranched alkanes of at least 4 members (excludes halogenated alkanes) is 6. The Hall–Kier alpha value is -1.97. The Morgan fingerprint density at radius 3 is 1.97 bits per heavy atom. The number of ether oxygens (including phenoxy) is 2. The van der Waals surface area contributed by atoms with Gasteiger partial charge in [-0.05, 0) is 63.3 Å². The molecule has 0 saturated heterocycles. The minimum absolute atomic E-state index is 0.0905. The predicted molar refractivity (Wildman–Crippen MR) is 121 cm³/mol. The average Bonchev–Trinajstić information content (AvgIpc) is 2.68. The molecule has 0 radical (unpaired) electrons. The van der Waals surface area contributed by atoms with E-state index in [4.69, 9.17) is 14.6 Å². The van der Waals surface area contributed by atoms with E-state index in [0.29, 0.717) is 5.75 Å². The van der Waals surface area contributed by atoms with E-state index in [9.17, 15) is 4.79 Å². The molecule has 164 valence electrons. The lowest BCUT2D eigenvalue weighted by Crippen LogP contribution is -2.15. The molecule has 4 nitrogen and oxygen atoms in total. The molecule has 1 N–H and O–H groups in total. The third-order valence-electron chi connectivity index (χ3n) is 4.97. The lowest BCUT2D eigenvalue weighted by atomic mass is 10.1. The molecule has 0 fully saturated rings. The molecule has 1 rings (SSSR count). The molecule has 2 unspecified atom stereocenters. The zero-order chi connectivity index (χ0) is 21.5. The number of carbonyl (C=O) groups is 1. The van der Waals surface area contributed by atoms with Gasteiger partial charge in [-0.3, -0.25) is 0 Å². The van der Waals surface area contributed by atoms with Crippen LogP contribution in [0, 0.1) is 0 Å². The van der Waals surface area contributed by atoms with Crippen molar-refractivity contribution in [2.75, 3.05) is 0 Å². The number of carboxylic acid groups (broad SMARTS) is 1. The fourth-order valence-corrected chi connectivity index (χ4v) is 3.25. The number of rotatable bonds is 16. The number of hydrogen-bond acceptors (Lipinski definition) is 3. The van der Waals surface area contributed by atoms with Gasteiger partial charge in [0.05, 0.1) is 12.2 Å². The van der Waals surface area contributed by atoms with E-state index in [2.05, 4.69) is 27.7 Å². The second kappa shape index (κ2) is 14.9. The average molecular weight is 405 g/mol. The predicted octanol–water partition coefficient (Wildman–Crippen LogP) is 7.26. The van der Waals surface area contributed by atoms with Crippen LogP contribution in [0.2, 0.25) is 0 Å². The van der Waals surface area contributed by atoms with Gasteiger partial charge < -0.3 is 14.6 Å². The van der Waals surface area contributed by atoms with Crippen LogP contribution in [0.3, 0.4) is 0 Å². The highest BCUT2D eigenvalue weighted by molar-refractivity contribution is 5.85. The Labute approximate surface area is 177 Å². The van der Waals surface area contributed by atoms with Gasteiger partial charge in [0.15, 0.2) is 11.5 Å². The Kier molecular flexibility index (Phi) is 12.9. The molecule has 0 heterocycles. The third kappa shape index (κ3) is 11.6. The standard InChI is InChI=1S/C25H40O4/c1-5-7-9-11-13-20(3)28-23-17-15-22(16-18-25(26)27)19-24(23)29-21(4)14-12-10-8-6-2/h15-21H,5-14H2,1-4H3,(H,26,27). The van der Waals surface area contributed by atoms with Crippen molar-refractivity contribution < 1.29 is 19.4 Å². The summed E-state index contributed by atoms with van der Waals surface area (Å²) < 4.78 is 12.4. The van der Waals surface area contributed by atoms with Gasteiger partial charge in [0.1, 0.15) is 0 Å². The summed E-state index contributed by atoms with van der Waals surface area (Å²) in [6.07, 6.45) is 14.7. The van der Waals surface area contributed by atoms with Gasteiger partial charge in [-0.15, -0.1) is 0 Å². The van der Waals surface area contributed by atoms with Crippen LogP contribution >= 0.6 is 0 Å². The zero-order valence-electron chi connectivity index (χ0n) is 18.8. The highest BCUT2D eigenvalue weighted by Gasteiger charge is 2.13. The van der Waals surface area contributed by atoms with Crippen LogP contribution in [-0.4, -0.2) is 23.3 Å². The van der Waals surface area contributed by atoms with Crippen LogP contribution < -0.4 is 9.47 Å². The van der Waals surface area contributed by atoms with Crippen molar-refractivity contribution in [2.45, 2.75) is 104 Å². The van der Waals surface area contributed by atoms with Crippen LogP contribution in [0.5, 0.6) is 11.5 Å². The number of hydrogen-bond donors (Lipinski definition) is 1. The first-order valence-corrected chi connectivity index (χ1v) is 11.3. The van der Waals surface area contributed by atoms with Gasteiger partial charge in [0, 0.05) is 6.08 Å². The van der Waals surface area contributed by atoms with Crippen molar-refractivity contribution in [1.82, 2.24) is 0 Å². The van der Waals surface area contributed by atoms with Crippen LogP contribution in [0.4, 0.5) is 0 Å². The summed E-state index contributed by atoms with van der Waals surface area (Å²) in [4.78, 5) is 10.8. The normalized spacial score (nSPS) is 13.4. The van der Waals surface area contributed by atoms with E-state index in [1.807, 2.05) is 18.2 Å². The highest BCUT2D eigenvalue weighted by atomic mass is 16.5. The smallest absolute Gasteiger partial charge is 0.328 e. The van der Waals surface area contributed by atoms with E-state index in [-0.39, 0.29) is 12.2 Å². The monoisotopic (exact) mass is 404 g/mol. The van der Waals surface area contributed by atoms with Gasteiger partial charge in [0.25, 0.3) is 0 Å². The molecule has 0 aliphatic rings. The molecule has 1 aromatic rings. The zero-order valence-corrected chi connectivity index (χ0v) is 18.8. The van der Waals surface area contributed by atoms with Crippen molar-refractivity contribution in [3.05, 3.63) is 29.8 Å². The van der Waals surface area contributed by atoms with Gasteiger partial charge in [-0.2, -0.15) is 0 Å². The van der Waals surface area contributed by atoms with Crippen molar-refractivity contribution in [2.24, 2.45) is 0 Å². The molecule has 4 heteroatoms. The summed E-state index contributed by atoms with van der Waals surface area (Å²) in [7, 11) is 0. The van der Waals surface area contributed by atoms with Crippen molar-refractivity contribution in [3.63, 3.8) is 0 Å². The van der Waals surface area contributed by atoms with E-state index in [1.54, 1.807) is 6.08 Å². The Balaban J connectivity index is 2.79. The molecular weight excluding hydrogens is 364 g/mol. The van der Waals surface area contributed by atoms with Crippen LogP contribution in [0.25, 0.3) is 6.08 Å². The maximum atomic E-state index is 10.8. The largest absolute Gasteiger partial charge is 0.487 e.